The van der Waals surface area contributed by atoms with Crippen molar-refractivity contribution in [1.82, 2.24) is 14.5 Å². The van der Waals surface area contributed by atoms with Crippen molar-refractivity contribution in [2.24, 2.45) is 5.92 Å². The summed E-state index contributed by atoms with van der Waals surface area (Å²) in [6.07, 6.45) is 1.42. The minimum atomic E-state index is -3.35. The molecule has 0 atom stereocenters. The van der Waals surface area contributed by atoms with Gasteiger partial charge in [0.1, 0.15) is 0 Å². The van der Waals surface area contributed by atoms with Crippen LogP contribution in [0.3, 0.4) is 0 Å². The summed E-state index contributed by atoms with van der Waals surface area (Å²) in [6.45, 7) is 1.01. The van der Waals surface area contributed by atoms with E-state index < -0.39 is 10.0 Å². The second kappa shape index (κ2) is 3.52. The molecule has 1 aromatic rings. The van der Waals surface area contributed by atoms with Gasteiger partial charge in [-0.1, -0.05) is 0 Å². The summed E-state index contributed by atoms with van der Waals surface area (Å²) in [4.78, 5) is 0. The Morgan fingerprint density at radius 1 is 1.64 bits per heavy atom. The quantitative estimate of drug-likeness (QED) is 0.765. The number of halogens is 1. The third-order valence-electron chi connectivity index (χ3n) is 2.23. The highest BCUT2D eigenvalue weighted by molar-refractivity contribution is 7.89. The summed E-state index contributed by atoms with van der Waals surface area (Å²) in [6, 6.07) is 1.45. The van der Waals surface area contributed by atoms with Crippen molar-refractivity contribution in [3.63, 3.8) is 0 Å². The van der Waals surface area contributed by atoms with Gasteiger partial charge in [0.25, 0.3) is 10.0 Å². The molecule has 0 spiro atoms. The lowest BCUT2D eigenvalue weighted by atomic mass is 10.1. The molecule has 2 rings (SSSR count). The highest BCUT2D eigenvalue weighted by Gasteiger charge is 2.36. The predicted octanol–water partition coefficient (Wildman–Crippen LogP) is 0.269. The summed E-state index contributed by atoms with van der Waals surface area (Å²) in [7, 11) is -3.35. The Labute approximate surface area is 87.1 Å². The molecular weight excluding hydrogens is 226 g/mol. The number of aromatic amines is 1. The molecule has 7 heteroatoms. The Balaban J connectivity index is 2.12. The zero-order chi connectivity index (χ0) is 10.2. The first-order chi connectivity index (χ1) is 6.64. The molecule has 1 fully saturated rings. The minimum absolute atomic E-state index is 0.144. The van der Waals surface area contributed by atoms with E-state index in [9.17, 15) is 8.42 Å². The lowest BCUT2D eigenvalue weighted by Gasteiger charge is -2.36. The number of hydrogen-bond acceptors (Lipinski definition) is 3. The highest BCUT2D eigenvalue weighted by atomic mass is 35.5. The topological polar surface area (TPSA) is 66.1 Å². The van der Waals surface area contributed by atoms with E-state index in [1.165, 1.54) is 16.6 Å². The molecule has 5 nitrogen and oxygen atoms in total. The van der Waals surface area contributed by atoms with Gasteiger partial charge in [-0.05, 0) is 6.07 Å². The summed E-state index contributed by atoms with van der Waals surface area (Å²) >= 11 is 5.60. The largest absolute Gasteiger partial charge is 0.266 e. The Kier molecular flexibility index (Phi) is 2.50. The average molecular weight is 236 g/mol. The summed E-state index contributed by atoms with van der Waals surface area (Å²) in [5, 5.41) is 6.20. The Bertz CT molecular complexity index is 397. The van der Waals surface area contributed by atoms with Crippen molar-refractivity contribution in [3.8, 4) is 0 Å². The van der Waals surface area contributed by atoms with Crippen LogP contribution >= 0.6 is 11.6 Å². The third-order valence-corrected chi connectivity index (χ3v) is 4.43. The maximum absolute atomic E-state index is 11.7. The molecule has 0 aliphatic carbocycles. The Morgan fingerprint density at radius 3 is 2.86 bits per heavy atom. The zero-order valence-electron chi connectivity index (χ0n) is 7.35. The van der Waals surface area contributed by atoms with Crippen LogP contribution in [-0.4, -0.2) is 41.9 Å². The smallest absolute Gasteiger partial charge is 0.259 e. The van der Waals surface area contributed by atoms with E-state index in [-0.39, 0.29) is 10.9 Å². The van der Waals surface area contributed by atoms with Gasteiger partial charge in [0.2, 0.25) is 0 Å². The van der Waals surface area contributed by atoms with Crippen LogP contribution in [0.1, 0.15) is 0 Å². The lowest BCUT2D eigenvalue weighted by Crippen LogP contribution is -2.50. The van der Waals surface area contributed by atoms with Crippen LogP contribution in [0, 0.1) is 5.92 Å². The van der Waals surface area contributed by atoms with Crippen LogP contribution in [-0.2, 0) is 10.0 Å². The number of nitrogens with one attached hydrogen (secondary N) is 1. The van der Waals surface area contributed by atoms with Gasteiger partial charge in [0.05, 0.1) is 6.20 Å². The van der Waals surface area contributed by atoms with Gasteiger partial charge in [-0.25, -0.2) is 8.42 Å². The minimum Gasteiger partial charge on any atom is -0.266 e. The first-order valence-corrected chi connectivity index (χ1v) is 6.17. The summed E-state index contributed by atoms with van der Waals surface area (Å²) < 4.78 is 24.9. The average Bonchev–Trinajstić information content (AvgIpc) is 2.53. The fraction of sp³-hybridized carbons (Fsp3) is 0.571. The van der Waals surface area contributed by atoms with Gasteiger partial charge in [-0.15, -0.1) is 11.6 Å². The Hall–Kier alpha value is -0.590. The van der Waals surface area contributed by atoms with E-state index >= 15 is 0 Å². The monoisotopic (exact) mass is 235 g/mol. The van der Waals surface area contributed by atoms with E-state index in [4.69, 9.17) is 11.6 Å². The van der Waals surface area contributed by atoms with Crippen molar-refractivity contribution in [1.29, 1.82) is 0 Å². The molecule has 14 heavy (non-hydrogen) atoms. The van der Waals surface area contributed by atoms with Gasteiger partial charge in [0, 0.05) is 24.9 Å². The van der Waals surface area contributed by atoms with Crippen LogP contribution in [0.2, 0.25) is 0 Å². The predicted molar refractivity (Wildman–Crippen MR) is 51.6 cm³/mol. The standard InChI is InChI=1S/C7H10ClN3O2S/c8-3-6-4-11(5-6)14(12,13)7-1-2-9-10-7/h1-2,6H,3-5H2,(H,9,10). The molecule has 1 saturated heterocycles. The van der Waals surface area contributed by atoms with E-state index in [1.807, 2.05) is 0 Å². The molecule has 1 aliphatic rings. The second-order valence-electron chi connectivity index (χ2n) is 3.26. The fourth-order valence-electron chi connectivity index (χ4n) is 1.34. The number of hydrogen-bond donors (Lipinski definition) is 1. The lowest BCUT2D eigenvalue weighted by molar-refractivity contribution is 0.220. The second-order valence-corrected chi connectivity index (χ2v) is 5.48. The molecule has 0 amide bonds. The zero-order valence-corrected chi connectivity index (χ0v) is 8.92. The fourth-order valence-corrected chi connectivity index (χ4v) is 3.03. The number of sulfonamides is 1. The number of H-pyrrole nitrogens is 1. The Morgan fingerprint density at radius 2 is 2.36 bits per heavy atom. The molecule has 0 aromatic carbocycles. The van der Waals surface area contributed by atoms with E-state index in [2.05, 4.69) is 10.2 Å². The maximum atomic E-state index is 11.7. The molecule has 2 heterocycles. The van der Waals surface area contributed by atoms with Gasteiger partial charge in [0.15, 0.2) is 5.03 Å². The molecule has 0 saturated carbocycles. The molecule has 1 aromatic heterocycles. The van der Waals surface area contributed by atoms with Gasteiger partial charge in [-0.3, -0.25) is 5.10 Å². The van der Waals surface area contributed by atoms with Crippen LogP contribution in [0.4, 0.5) is 0 Å². The first kappa shape index (κ1) is 9.95. The van der Waals surface area contributed by atoms with Crippen molar-refractivity contribution in [2.45, 2.75) is 5.03 Å². The molecule has 0 radical (unpaired) electrons. The maximum Gasteiger partial charge on any atom is 0.259 e. The number of rotatable bonds is 3. The van der Waals surface area contributed by atoms with Crippen molar-refractivity contribution in [3.05, 3.63) is 12.3 Å². The van der Waals surface area contributed by atoms with Gasteiger partial charge in [-0.2, -0.15) is 9.40 Å². The number of aromatic nitrogens is 2. The van der Waals surface area contributed by atoms with E-state index in [0.29, 0.717) is 19.0 Å². The van der Waals surface area contributed by atoms with Crippen LogP contribution in [0.5, 0.6) is 0 Å². The number of nitrogens with zero attached hydrogens (tertiary/aromatic N) is 2. The van der Waals surface area contributed by atoms with Crippen molar-refractivity contribution < 1.29 is 8.42 Å². The van der Waals surface area contributed by atoms with E-state index in [0.717, 1.165) is 0 Å². The van der Waals surface area contributed by atoms with Gasteiger partial charge >= 0.3 is 0 Å². The SMILES string of the molecule is O=S(=O)(c1ccn[nH]1)N1CC(CCl)C1. The van der Waals surface area contributed by atoms with Crippen molar-refractivity contribution in [2.75, 3.05) is 19.0 Å². The normalized spacial score (nSPS) is 19.5. The van der Waals surface area contributed by atoms with Crippen molar-refractivity contribution >= 4 is 21.6 Å². The summed E-state index contributed by atoms with van der Waals surface area (Å²) in [5.74, 6) is 0.795. The molecule has 78 valence electrons. The molecule has 1 aliphatic heterocycles. The van der Waals surface area contributed by atoms with Crippen LogP contribution in [0.25, 0.3) is 0 Å². The van der Waals surface area contributed by atoms with Crippen LogP contribution < -0.4 is 0 Å². The molecule has 0 bridgehead atoms. The molecule has 0 unspecified atom stereocenters. The number of alkyl halides is 1. The highest BCUT2D eigenvalue weighted by Crippen LogP contribution is 2.24. The molecular formula is C7H10ClN3O2S. The van der Waals surface area contributed by atoms with Crippen LogP contribution in [0.15, 0.2) is 17.3 Å². The first-order valence-electron chi connectivity index (χ1n) is 4.20. The van der Waals surface area contributed by atoms with Gasteiger partial charge < -0.3 is 0 Å². The van der Waals surface area contributed by atoms with E-state index in [1.54, 1.807) is 0 Å². The summed E-state index contributed by atoms with van der Waals surface area (Å²) in [5.41, 5.74) is 0. The molecule has 1 N–H and O–H groups in total. The third kappa shape index (κ3) is 1.53.